The molecule has 0 fully saturated rings. The Balaban J connectivity index is 1.59. The smallest absolute Gasteiger partial charge is 0.406 e. The standard InChI is InChI=1S/C18H10F6N4O4/c19-17(20,21)11-5-1-10(2-6-11)14(29)26-27-15(30)16-25-13(28-32-16)9-3-7-12(8-4-9)31-18(22,23)24/h1-8H,(H,26,29)(H,27,30). The molecule has 3 rings (SSSR count). The van der Waals surface area contributed by atoms with Crippen LogP contribution in [0.4, 0.5) is 26.3 Å². The summed E-state index contributed by atoms with van der Waals surface area (Å²) < 4.78 is 82.6. The van der Waals surface area contributed by atoms with E-state index in [0.29, 0.717) is 12.1 Å². The van der Waals surface area contributed by atoms with Crippen LogP contribution in [0.3, 0.4) is 0 Å². The molecule has 0 unspecified atom stereocenters. The van der Waals surface area contributed by atoms with E-state index in [9.17, 15) is 35.9 Å². The zero-order valence-corrected chi connectivity index (χ0v) is 15.4. The van der Waals surface area contributed by atoms with Crippen LogP contribution in [0, 0.1) is 0 Å². The van der Waals surface area contributed by atoms with Gasteiger partial charge in [-0.25, -0.2) is 0 Å². The number of amides is 2. The Hall–Kier alpha value is -4.10. The molecule has 0 aliphatic carbocycles. The third kappa shape index (κ3) is 5.74. The van der Waals surface area contributed by atoms with Crippen molar-refractivity contribution in [2.24, 2.45) is 0 Å². The highest BCUT2D eigenvalue weighted by atomic mass is 19.4. The van der Waals surface area contributed by atoms with Crippen LogP contribution in [-0.2, 0) is 6.18 Å². The minimum absolute atomic E-state index is 0.136. The second-order valence-electron chi connectivity index (χ2n) is 5.98. The zero-order chi connectivity index (χ0) is 23.5. The van der Waals surface area contributed by atoms with Gasteiger partial charge in [0.15, 0.2) is 0 Å². The summed E-state index contributed by atoms with van der Waals surface area (Å²) in [5, 5.41) is 3.50. The number of carbonyl (C=O) groups is 2. The van der Waals surface area contributed by atoms with Crippen LogP contribution in [0.5, 0.6) is 5.75 Å². The van der Waals surface area contributed by atoms with Crippen molar-refractivity contribution in [1.29, 1.82) is 0 Å². The fraction of sp³-hybridized carbons (Fsp3) is 0.111. The van der Waals surface area contributed by atoms with Crippen LogP contribution < -0.4 is 15.6 Å². The summed E-state index contributed by atoms with van der Waals surface area (Å²) in [5.74, 6) is -3.16. The molecule has 0 saturated heterocycles. The Bertz CT molecular complexity index is 1110. The van der Waals surface area contributed by atoms with Crippen molar-refractivity contribution in [1.82, 2.24) is 21.0 Å². The van der Waals surface area contributed by atoms with E-state index in [1.54, 1.807) is 0 Å². The molecule has 0 aliphatic heterocycles. The van der Waals surface area contributed by atoms with Gasteiger partial charge in [-0.1, -0.05) is 5.16 Å². The number of halogens is 6. The summed E-state index contributed by atoms with van der Waals surface area (Å²) in [6.07, 6.45) is -9.42. The summed E-state index contributed by atoms with van der Waals surface area (Å²) in [7, 11) is 0. The third-order valence-corrected chi connectivity index (χ3v) is 3.73. The Morgan fingerprint density at radius 2 is 1.44 bits per heavy atom. The van der Waals surface area contributed by atoms with Gasteiger partial charge in [0.25, 0.3) is 5.91 Å². The SMILES string of the molecule is O=C(NNC(=O)c1nc(-c2ccc(OC(F)(F)F)cc2)no1)c1ccc(C(F)(F)F)cc1. The van der Waals surface area contributed by atoms with E-state index < -0.39 is 41.6 Å². The molecule has 32 heavy (non-hydrogen) atoms. The van der Waals surface area contributed by atoms with Gasteiger partial charge in [-0.3, -0.25) is 20.4 Å². The molecule has 0 spiro atoms. The number of nitrogens with zero attached hydrogens (tertiary/aromatic N) is 2. The van der Waals surface area contributed by atoms with E-state index in [0.717, 1.165) is 24.3 Å². The Morgan fingerprint density at radius 3 is 2.00 bits per heavy atom. The molecular formula is C18H10F6N4O4. The predicted octanol–water partition coefficient (Wildman–Crippen LogP) is 3.73. The van der Waals surface area contributed by atoms with E-state index >= 15 is 0 Å². The topological polar surface area (TPSA) is 106 Å². The maximum atomic E-state index is 12.5. The van der Waals surface area contributed by atoms with Gasteiger partial charge in [-0.15, -0.1) is 13.2 Å². The van der Waals surface area contributed by atoms with Crippen LogP contribution in [0.15, 0.2) is 53.1 Å². The first-order chi connectivity index (χ1) is 14.9. The first-order valence-electron chi connectivity index (χ1n) is 8.40. The van der Waals surface area contributed by atoms with Crippen molar-refractivity contribution in [2.45, 2.75) is 12.5 Å². The first-order valence-corrected chi connectivity index (χ1v) is 8.40. The van der Waals surface area contributed by atoms with Crippen molar-refractivity contribution in [2.75, 3.05) is 0 Å². The minimum atomic E-state index is -4.86. The number of aromatic nitrogens is 2. The molecule has 8 nitrogen and oxygen atoms in total. The monoisotopic (exact) mass is 460 g/mol. The molecule has 2 N–H and O–H groups in total. The molecule has 168 valence electrons. The number of hydrogen-bond acceptors (Lipinski definition) is 6. The van der Waals surface area contributed by atoms with Crippen LogP contribution in [0.1, 0.15) is 26.6 Å². The largest absolute Gasteiger partial charge is 0.573 e. The summed E-state index contributed by atoms with van der Waals surface area (Å²) in [6.45, 7) is 0. The highest BCUT2D eigenvalue weighted by Gasteiger charge is 2.31. The zero-order valence-electron chi connectivity index (χ0n) is 15.4. The molecule has 2 aromatic carbocycles. The lowest BCUT2D eigenvalue weighted by molar-refractivity contribution is -0.274. The second-order valence-corrected chi connectivity index (χ2v) is 5.98. The number of nitrogens with one attached hydrogen (secondary N) is 2. The molecule has 1 aromatic heterocycles. The van der Waals surface area contributed by atoms with Gasteiger partial charge in [-0.2, -0.15) is 18.2 Å². The number of hydrazine groups is 1. The number of hydrogen-bond donors (Lipinski definition) is 2. The van der Waals surface area contributed by atoms with Gasteiger partial charge in [0.05, 0.1) is 5.56 Å². The lowest BCUT2D eigenvalue weighted by atomic mass is 10.1. The lowest BCUT2D eigenvalue weighted by Gasteiger charge is -2.08. The van der Waals surface area contributed by atoms with E-state index in [-0.39, 0.29) is 17.0 Å². The summed E-state index contributed by atoms with van der Waals surface area (Å²) in [6, 6.07) is 7.63. The molecule has 0 aliphatic rings. The maximum absolute atomic E-state index is 12.5. The molecule has 0 atom stereocenters. The number of benzene rings is 2. The predicted molar refractivity (Wildman–Crippen MR) is 92.8 cm³/mol. The summed E-state index contributed by atoms with van der Waals surface area (Å²) in [5.41, 5.74) is 3.00. The third-order valence-electron chi connectivity index (χ3n) is 3.73. The van der Waals surface area contributed by atoms with E-state index in [4.69, 9.17) is 4.52 Å². The van der Waals surface area contributed by atoms with Gasteiger partial charge in [0.1, 0.15) is 5.75 Å². The van der Waals surface area contributed by atoms with E-state index in [1.165, 1.54) is 12.1 Å². The Morgan fingerprint density at radius 1 is 0.844 bits per heavy atom. The molecule has 14 heteroatoms. The molecular weight excluding hydrogens is 450 g/mol. The second kappa shape index (κ2) is 8.56. The fourth-order valence-electron chi connectivity index (χ4n) is 2.29. The quantitative estimate of drug-likeness (QED) is 0.454. The van der Waals surface area contributed by atoms with Gasteiger partial charge in [-0.05, 0) is 48.5 Å². The molecule has 0 radical (unpaired) electrons. The van der Waals surface area contributed by atoms with Crippen LogP contribution in [0.25, 0.3) is 11.4 Å². The Labute approximate surface area is 174 Å². The van der Waals surface area contributed by atoms with Crippen molar-refractivity contribution in [3.8, 4) is 17.1 Å². The van der Waals surface area contributed by atoms with E-state index in [2.05, 4.69) is 14.9 Å². The van der Waals surface area contributed by atoms with Crippen LogP contribution in [0.2, 0.25) is 0 Å². The average molecular weight is 460 g/mol. The van der Waals surface area contributed by atoms with Gasteiger partial charge >= 0.3 is 24.3 Å². The number of ether oxygens (including phenoxy) is 1. The maximum Gasteiger partial charge on any atom is 0.573 e. The number of carbonyl (C=O) groups excluding carboxylic acids is 2. The highest BCUT2D eigenvalue weighted by molar-refractivity contribution is 5.97. The summed E-state index contributed by atoms with van der Waals surface area (Å²) in [4.78, 5) is 27.7. The molecule has 0 bridgehead atoms. The van der Waals surface area contributed by atoms with Crippen LogP contribution in [-0.4, -0.2) is 28.3 Å². The van der Waals surface area contributed by atoms with Gasteiger partial charge < -0.3 is 9.26 Å². The van der Waals surface area contributed by atoms with Crippen molar-refractivity contribution < 1.29 is 45.2 Å². The van der Waals surface area contributed by atoms with E-state index in [1.807, 2.05) is 10.9 Å². The fourth-order valence-corrected chi connectivity index (χ4v) is 2.29. The molecule has 2 amide bonds. The average Bonchev–Trinajstić information content (AvgIpc) is 3.21. The first kappa shape index (κ1) is 22.6. The lowest BCUT2D eigenvalue weighted by Crippen LogP contribution is -2.41. The number of rotatable bonds is 4. The highest BCUT2D eigenvalue weighted by Crippen LogP contribution is 2.29. The van der Waals surface area contributed by atoms with Crippen LogP contribution >= 0.6 is 0 Å². The summed E-state index contributed by atoms with van der Waals surface area (Å²) >= 11 is 0. The molecule has 3 aromatic rings. The molecule has 0 saturated carbocycles. The minimum Gasteiger partial charge on any atom is -0.406 e. The number of alkyl halides is 6. The normalized spacial score (nSPS) is 11.7. The van der Waals surface area contributed by atoms with Crippen molar-refractivity contribution in [3.63, 3.8) is 0 Å². The Kier molecular flexibility index (Phi) is 6.04. The molecule has 1 heterocycles. The van der Waals surface area contributed by atoms with Gasteiger partial charge in [0.2, 0.25) is 5.82 Å². The van der Waals surface area contributed by atoms with Crippen molar-refractivity contribution >= 4 is 11.8 Å². The van der Waals surface area contributed by atoms with Crippen molar-refractivity contribution in [3.05, 3.63) is 65.5 Å². The van der Waals surface area contributed by atoms with Gasteiger partial charge in [0, 0.05) is 11.1 Å².